The third-order valence-electron chi connectivity index (χ3n) is 3.35. The smallest absolute Gasteiger partial charge is 0.223 e. The van der Waals surface area contributed by atoms with Crippen LogP contribution in [-0.2, 0) is 9.53 Å². The monoisotopic (exact) mass is 344 g/mol. The quantitative estimate of drug-likeness (QED) is 0.722. The number of carbonyl (C=O) groups excluding carboxylic acids is 1. The highest BCUT2D eigenvalue weighted by Gasteiger charge is 2.14. The molecule has 6 heteroatoms. The molecule has 1 aromatic carbocycles. The highest BCUT2D eigenvalue weighted by Crippen LogP contribution is 2.18. The van der Waals surface area contributed by atoms with Gasteiger partial charge in [-0.05, 0) is 30.5 Å². The number of nitrogens with two attached hydrogens (primary N) is 1. The Morgan fingerprint density at radius 1 is 1.22 bits per heavy atom. The lowest BCUT2D eigenvalue weighted by atomic mass is 10.1. The average molecular weight is 345 g/mol. The Morgan fingerprint density at radius 3 is 2.30 bits per heavy atom. The van der Waals surface area contributed by atoms with Crippen molar-refractivity contribution in [1.82, 2.24) is 5.32 Å². The van der Waals surface area contributed by atoms with Gasteiger partial charge in [-0.3, -0.25) is 4.79 Å². The summed E-state index contributed by atoms with van der Waals surface area (Å²) in [6.45, 7) is 7.21. The van der Waals surface area contributed by atoms with Crippen LogP contribution in [0.3, 0.4) is 0 Å². The zero-order valence-corrected chi connectivity index (χ0v) is 15.2. The second kappa shape index (κ2) is 11.3. The Balaban J connectivity index is 0.00000484. The number of rotatable bonds is 9. The van der Waals surface area contributed by atoms with Crippen LogP contribution in [0.1, 0.15) is 38.8 Å². The predicted octanol–water partition coefficient (Wildman–Crippen LogP) is 2.68. The molecule has 0 saturated heterocycles. The largest absolute Gasteiger partial charge is 0.493 e. The molecule has 2 unspecified atom stereocenters. The molecule has 5 nitrogen and oxygen atoms in total. The minimum Gasteiger partial charge on any atom is -0.493 e. The fourth-order valence-corrected chi connectivity index (χ4v) is 1.97. The van der Waals surface area contributed by atoms with Gasteiger partial charge in [0.15, 0.2) is 0 Å². The van der Waals surface area contributed by atoms with E-state index in [-0.39, 0.29) is 36.9 Å². The van der Waals surface area contributed by atoms with Crippen LogP contribution >= 0.6 is 12.4 Å². The Hall–Kier alpha value is -1.30. The van der Waals surface area contributed by atoms with Gasteiger partial charge in [0.2, 0.25) is 5.91 Å². The van der Waals surface area contributed by atoms with E-state index < -0.39 is 0 Å². The van der Waals surface area contributed by atoms with E-state index in [9.17, 15) is 4.79 Å². The molecule has 1 rings (SSSR count). The van der Waals surface area contributed by atoms with Gasteiger partial charge in [-0.1, -0.05) is 26.0 Å². The van der Waals surface area contributed by atoms with Crippen molar-refractivity contribution in [1.29, 1.82) is 0 Å². The molecule has 0 spiro atoms. The molecule has 0 aromatic heterocycles. The summed E-state index contributed by atoms with van der Waals surface area (Å²) >= 11 is 0. The molecule has 1 aromatic rings. The van der Waals surface area contributed by atoms with Crippen LogP contribution in [-0.4, -0.2) is 32.3 Å². The summed E-state index contributed by atoms with van der Waals surface area (Å²) < 4.78 is 10.8. The van der Waals surface area contributed by atoms with Crippen LogP contribution in [0.15, 0.2) is 24.3 Å². The van der Waals surface area contributed by atoms with E-state index in [4.69, 9.17) is 15.2 Å². The molecular formula is C17H29ClN2O3. The molecule has 1 amide bonds. The Bertz CT molecular complexity index is 448. The minimum absolute atomic E-state index is 0. The van der Waals surface area contributed by atoms with Crippen LogP contribution in [0.4, 0.5) is 0 Å². The number of ether oxygens (including phenoxy) is 2. The van der Waals surface area contributed by atoms with Crippen molar-refractivity contribution in [2.45, 2.75) is 39.3 Å². The maximum atomic E-state index is 11.9. The predicted molar refractivity (Wildman–Crippen MR) is 95.0 cm³/mol. The van der Waals surface area contributed by atoms with Crippen molar-refractivity contribution < 1.29 is 14.3 Å². The van der Waals surface area contributed by atoms with Crippen molar-refractivity contribution >= 4 is 18.3 Å². The number of carbonyl (C=O) groups is 1. The van der Waals surface area contributed by atoms with Gasteiger partial charge in [0.1, 0.15) is 5.75 Å². The first-order valence-corrected chi connectivity index (χ1v) is 7.71. The van der Waals surface area contributed by atoms with Crippen LogP contribution in [0, 0.1) is 5.92 Å². The van der Waals surface area contributed by atoms with Crippen LogP contribution < -0.4 is 15.8 Å². The number of methoxy groups -OCH3 is 1. The number of hydrogen-bond acceptors (Lipinski definition) is 4. The zero-order valence-electron chi connectivity index (χ0n) is 14.4. The van der Waals surface area contributed by atoms with Gasteiger partial charge in [-0.25, -0.2) is 0 Å². The Labute approximate surface area is 145 Å². The molecule has 132 valence electrons. The van der Waals surface area contributed by atoms with Gasteiger partial charge in [0.05, 0.1) is 25.2 Å². The second-order valence-electron chi connectivity index (χ2n) is 5.86. The van der Waals surface area contributed by atoms with Gasteiger partial charge in [0, 0.05) is 13.7 Å². The Kier molecular flexibility index (Phi) is 10.6. The lowest BCUT2D eigenvalue weighted by molar-refractivity contribution is -0.124. The molecule has 0 aliphatic carbocycles. The number of benzene rings is 1. The van der Waals surface area contributed by atoms with Crippen molar-refractivity contribution in [2.24, 2.45) is 11.7 Å². The SMILES string of the molecule is COC(CN)CC(=O)NC(C)c1ccc(OCC(C)C)cc1.Cl. The van der Waals surface area contributed by atoms with Crippen LogP contribution in [0.2, 0.25) is 0 Å². The highest BCUT2D eigenvalue weighted by molar-refractivity contribution is 5.85. The molecule has 0 aliphatic rings. The van der Waals surface area contributed by atoms with Crippen LogP contribution in [0.5, 0.6) is 5.75 Å². The van der Waals surface area contributed by atoms with Crippen molar-refractivity contribution in [3.05, 3.63) is 29.8 Å². The molecule has 3 N–H and O–H groups in total. The van der Waals surface area contributed by atoms with E-state index in [0.717, 1.165) is 11.3 Å². The maximum absolute atomic E-state index is 11.9. The fraction of sp³-hybridized carbons (Fsp3) is 0.588. The summed E-state index contributed by atoms with van der Waals surface area (Å²) in [6.07, 6.45) is 0.0337. The van der Waals surface area contributed by atoms with E-state index >= 15 is 0 Å². The lowest BCUT2D eigenvalue weighted by Gasteiger charge is -2.17. The molecule has 23 heavy (non-hydrogen) atoms. The first-order valence-electron chi connectivity index (χ1n) is 7.71. The summed E-state index contributed by atoms with van der Waals surface area (Å²) in [6, 6.07) is 7.73. The number of halogens is 1. The van der Waals surface area contributed by atoms with Gasteiger partial charge in [-0.15, -0.1) is 12.4 Å². The summed E-state index contributed by atoms with van der Waals surface area (Å²) in [5.41, 5.74) is 6.56. The van der Waals surface area contributed by atoms with Crippen molar-refractivity contribution in [2.75, 3.05) is 20.3 Å². The van der Waals surface area contributed by atoms with Gasteiger partial charge < -0.3 is 20.5 Å². The zero-order chi connectivity index (χ0) is 16.5. The van der Waals surface area contributed by atoms with E-state index in [1.807, 2.05) is 31.2 Å². The molecule has 0 saturated carbocycles. The Morgan fingerprint density at radius 2 is 1.83 bits per heavy atom. The first kappa shape index (κ1) is 21.7. The average Bonchev–Trinajstić information content (AvgIpc) is 2.50. The van der Waals surface area contributed by atoms with Gasteiger partial charge >= 0.3 is 0 Å². The molecule has 0 fully saturated rings. The standard InChI is InChI=1S/C17H28N2O3.ClH/c1-12(2)11-22-15-7-5-14(6-8-15)13(3)19-17(20)9-16(10-18)21-4;/h5-8,12-13,16H,9-11,18H2,1-4H3,(H,19,20);1H. The molecular weight excluding hydrogens is 316 g/mol. The first-order chi connectivity index (χ1) is 10.5. The molecule has 0 bridgehead atoms. The number of amides is 1. The summed E-state index contributed by atoms with van der Waals surface area (Å²) in [4.78, 5) is 11.9. The second-order valence-corrected chi connectivity index (χ2v) is 5.86. The maximum Gasteiger partial charge on any atom is 0.223 e. The molecule has 2 atom stereocenters. The van der Waals surface area contributed by atoms with Crippen LogP contribution in [0.25, 0.3) is 0 Å². The highest BCUT2D eigenvalue weighted by atomic mass is 35.5. The summed E-state index contributed by atoms with van der Waals surface area (Å²) in [5, 5.41) is 2.95. The number of nitrogens with one attached hydrogen (secondary N) is 1. The van der Waals surface area contributed by atoms with Crippen molar-refractivity contribution in [3.8, 4) is 5.75 Å². The minimum atomic E-state index is -0.237. The van der Waals surface area contributed by atoms with Gasteiger partial charge in [0.25, 0.3) is 0 Å². The fourth-order valence-electron chi connectivity index (χ4n) is 1.97. The van der Waals surface area contributed by atoms with E-state index in [0.29, 0.717) is 19.1 Å². The number of hydrogen-bond donors (Lipinski definition) is 2. The molecule has 0 radical (unpaired) electrons. The van der Waals surface area contributed by atoms with Gasteiger partial charge in [-0.2, -0.15) is 0 Å². The third kappa shape index (κ3) is 8.21. The lowest BCUT2D eigenvalue weighted by Crippen LogP contribution is -2.33. The van der Waals surface area contributed by atoms with E-state index in [1.54, 1.807) is 7.11 Å². The topological polar surface area (TPSA) is 73.6 Å². The normalized spacial score (nSPS) is 13.1. The molecule has 0 heterocycles. The summed E-state index contributed by atoms with van der Waals surface area (Å²) in [5.74, 6) is 1.28. The van der Waals surface area contributed by atoms with E-state index in [1.165, 1.54) is 0 Å². The van der Waals surface area contributed by atoms with Crippen molar-refractivity contribution in [3.63, 3.8) is 0 Å². The van der Waals surface area contributed by atoms with E-state index in [2.05, 4.69) is 19.2 Å². The molecule has 0 aliphatic heterocycles. The summed E-state index contributed by atoms with van der Waals surface area (Å²) in [7, 11) is 1.56. The third-order valence-corrected chi connectivity index (χ3v) is 3.35.